The Kier molecular flexibility index (Phi) is 2.36. The number of fused-ring (bicyclic) bond motifs is 4. The summed E-state index contributed by atoms with van der Waals surface area (Å²) in [4.78, 5) is 35.2. The lowest BCUT2D eigenvalue weighted by molar-refractivity contribution is 0.0440. The quantitative estimate of drug-likeness (QED) is 0.423. The highest BCUT2D eigenvalue weighted by atomic mass is 16.6. The van der Waals surface area contributed by atoms with Crippen LogP contribution in [0.25, 0.3) is 21.5 Å². The number of hydrogen-bond donors (Lipinski definition) is 1. The maximum atomic E-state index is 12.0. The highest BCUT2D eigenvalue weighted by Gasteiger charge is 2.36. The second kappa shape index (κ2) is 4.14. The summed E-state index contributed by atoms with van der Waals surface area (Å²) in [5.41, 5.74) is -0.348. The van der Waals surface area contributed by atoms with Gasteiger partial charge in [0, 0.05) is 0 Å². The van der Waals surface area contributed by atoms with E-state index in [1.54, 1.807) is 12.1 Å². The number of carboxylic acid groups (broad SMARTS) is 1. The molecule has 3 aromatic rings. The van der Waals surface area contributed by atoms with Gasteiger partial charge in [0.1, 0.15) is 0 Å². The predicted molar refractivity (Wildman–Crippen MR) is 78.2 cm³/mol. The standard InChI is InChI=1S/C17H8O5/c18-15(19)12-7-10-5-8-3-1-2-4-9(8)6-11(10)13-14(12)17(21)22-16(13)20/h1-7H,(H,18,19). The molecule has 1 aliphatic rings. The van der Waals surface area contributed by atoms with Crippen LogP contribution in [0, 0.1) is 0 Å². The van der Waals surface area contributed by atoms with E-state index in [1.165, 1.54) is 6.07 Å². The second-order valence-electron chi connectivity index (χ2n) is 5.08. The molecule has 0 fully saturated rings. The Balaban J connectivity index is 2.23. The third-order valence-electron chi connectivity index (χ3n) is 3.83. The fraction of sp³-hybridized carbons (Fsp3) is 0. The van der Waals surface area contributed by atoms with Crippen LogP contribution in [0.5, 0.6) is 0 Å². The molecule has 0 saturated heterocycles. The van der Waals surface area contributed by atoms with Crippen molar-refractivity contribution in [3.63, 3.8) is 0 Å². The summed E-state index contributed by atoms with van der Waals surface area (Å²) in [7, 11) is 0. The van der Waals surface area contributed by atoms with E-state index in [0.717, 1.165) is 10.8 Å². The summed E-state index contributed by atoms with van der Waals surface area (Å²) >= 11 is 0. The Labute approximate surface area is 123 Å². The monoisotopic (exact) mass is 292 g/mol. The molecule has 1 heterocycles. The van der Waals surface area contributed by atoms with Crippen LogP contribution in [-0.4, -0.2) is 23.0 Å². The van der Waals surface area contributed by atoms with E-state index in [4.69, 9.17) is 0 Å². The zero-order chi connectivity index (χ0) is 15.4. The van der Waals surface area contributed by atoms with Crippen LogP contribution >= 0.6 is 0 Å². The molecule has 0 spiro atoms. The molecule has 5 nitrogen and oxygen atoms in total. The van der Waals surface area contributed by atoms with Crippen LogP contribution in [0.2, 0.25) is 0 Å². The molecule has 3 aromatic carbocycles. The molecular formula is C17H8O5. The van der Waals surface area contributed by atoms with Crippen LogP contribution in [0.4, 0.5) is 0 Å². The van der Waals surface area contributed by atoms with Crippen LogP contribution in [0.15, 0.2) is 42.5 Å². The zero-order valence-electron chi connectivity index (χ0n) is 11.1. The molecule has 0 saturated carbocycles. The summed E-state index contributed by atoms with van der Waals surface area (Å²) in [5, 5.41) is 12.2. The first-order valence-corrected chi connectivity index (χ1v) is 6.55. The number of ether oxygens (including phenoxy) is 1. The van der Waals surface area contributed by atoms with Crippen molar-refractivity contribution in [2.75, 3.05) is 0 Å². The number of rotatable bonds is 1. The van der Waals surface area contributed by atoms with Crippen LogP contribution < -0.4 is 0 Å². The van der Waals surface area contributed by atoms with Crippen LogP contribution in [0.3, 0.4) is 0 Å². The molecule has 1 N–H and O–H groups in total. The van der Waals surface area contributed by atoms with Gasteiger partial charge < -0.3 is 9.84 Å². The molecule has 0 unspecified atom stereocenters. The number of carbonyl (C=O) groups excluding carboxylic acids is 2. The number of carbonyl (C=O) groups is 3. The average molecular weight is 292 g/mol. The van der Waals surface area contributed by atoms with E-state index < -0.39 is 17.9 Å². The van der Waals surface area contributed by atoms with E-state index in [1.807, 2.05) is 24.3 Å². The highest BCUT2D eigenvalue weighted by molar-refractivity contribution is 6.25. The maximum absolute atomic E-state index is 12.0. The Morgan fingerprint density at radius 1 is 0.864 bits per heavy atom. The largest absolute Gasteiger partial charge is 0.478 e. The van der Waals surface area contributed by atoms with Crippen molar-refractivity contribution >= 4 is 39.5 Å². The molecular weight excluding hydrogens is 284 g/mol. The van der Waals surface area contributed by atoms with Gasteiger partial charge in [-0.1, -0.05) is 24.3 Å². The van der Waals surface area contributed by atoms with Crippen molar-refractivity contribution in [2.24, 2.45) is 0 Å². The van der Waals surface area contributed by atoms with Crippen molar-refractivity contribution in [1.82, 2.24) is 0 Å². The predicted octanol–water partition coefficient (Wildman–Crippen LogP) is 3.00. The van der Waals surface area contributed by atoms with Crippen LogP contribution in [0.1, 0.15) is 31.1 Å². The number of esters is 2. The van der Waals surface area contributed by atoms with Gasteiger partial charge >= 0.3 is 17.9 Å². The fourth-order valence-corrected chi connectivity index (χ4v) is 2.87. The smallest absolute Gasteiger partial charge is 0.347 e. The molecule has 1 aliphatic heterocycles. The van der Waals surface area contributed by atoms with Gasteiger partial charge in [-0.05, 0) is 39.7 Å². The van der Waals surface area contributed by atoms with Gasteiger partial charge in [0.05, 0.1) is 16.7 Å². The van der Waals surface area contributed by atoms with Gasteiger partial charge in [-0.2, -0.15) is 0 Å². The average Bonchev–Trinajstić information content (AvgIpc) is 2.79. The lowest BCUT2D eigenvalue weighted by atomic mass is 9.93. The van der Waals surface area contributed by atoms with E-state index in [2.05, 4.69) is 4.74 Å². The zero-order valence-corrected chi connectivity index (χ0v) is 11.1. The van der Waals surface area contributed by atoms with E-state index in [0.29, 0.717) is 10.8 Å². The summed E-state index contributed by atoms with van der Waals surface area (Å²) < 4.78 is 4.60. The summed E-state index contributed by atoms with van der Waals surface area (Å²) in [6.07, 6.45) is 0. The summed E-state index contributed by atoms with van der Waals surface area (Å²) in [5.74, 6) is -2.98. The molecule has 22 heavy (non-hydrogen) atoms. The van der Waals surface area contributed by atoms with Gasteiger partial charge in [0.2, 0.25) is 0 Å². The fourth-order valence-electron chi connectivity index (χ4n) is 2.87. The number of benzene rings is 3. The Bertz CT molecular complexity index is 1020. The molecule has 5 heteroatoms. The van der Waals surface area contributed by atoms with Gasteiger partial charge in [-0.25, -0.2) is 14.4 Å². The molecule has 0 aromatic heterocycles. The van der Waals surface area contributed by atoms with Gasteiger partial charge in [0.25, 0.3) is 0 Å². The van der Waals surface area contributed by atoms with Gasteiger partial charge in [-0.15, -0.1) is 0 Å². The Morgan fingerprint density at radius 3 is 2.18 bits per heavy atom. The third-order valence-corrected chi connectivity index (χ3v) is 3.83. The molecule has 0 aliphatic carbocycles. The minimum atomic E-state index is -1.27. The molecule has 0 bridgehead atoms. The van der Waals surface area contributed by atoms with Crippen molar-refractivity contribution in [3.05, 3.63) is 59.2 Å². The lowest BCUT2D eigenvalue weighted by Crippen LogP contribution is -2.07. The SMILES string of the molecule is O=C(O)c1cc2cc3ccccc3cc2c2c1C(=O)OC2=O. The Hall–Kier alpha value is -3.21. The molecule has 106 valence electrons. The summed E-state index contributed by atoms with van der Waals surface area (Å²) in [6, 6.07) is 12.5. The first kappa shape index (κ1) is 12.5. The van der Waals surface area contributed by atoms with Crippen molar-refractivity contribution in [3.8, 4) is 0 Å². The summed E-state index contributed by atoms with van der Waals surface area (Å²) in [6.45, 7) is 0. The molecule has 4 rings (SSSR count). The number of cyclic esters (lactones) is 2. The topological polar surface area (TPSA) is 80.7 Å². The van der Waals surface area contributed by atoms with E-state index >= 15 is 0 Å². The van der Waals surface area contributed by atoms with Crippen molar-refractivity contribution in [1.29, 1.82) is 0 Å². The molecule has 0 radical (unpaired) electrons. The minimum absolute atomic E-state index is 0.0330. The highest BCUT2D eigenvalue weighted by Crippen LogP contribution is 2.34. The minimum Gasteiger partial charge on any atom is -0.478 e. The first-order chi connectivity index (χ1) is 10.6. The van der Waals surface area contributed by atoms with Gasteiger partial charge in [-0.3, -0.25) is 0 Å². The van der Waals surface area contributed by atoms with E-state index in [-0.39, 0.29) is 16.7 Å². The Morgan fingerprint density at radius 2 is 1.50 bits per heavy atom. The first-order valence-electron chi connectivity index (χ1n) is 6.55. The molecule has 0 amide bonds. The number of hydrogen-bond acceptors (Lipinski definition) is 4. The van der Waals surface area contributed by atoms with Crippen molar-refractivity contribution in [2.45, 2.75) is 0 Å². The molecule has 0 atom stereocenters. The number of carboxylic acids is 1. The van der Waals surface area contributed by atoms with E-state index in [9.17, 15) is 19.5 Å². The maximum Gasteiger partial charge on any atom is 0.347 e. The lowest BCUT2D eigenvalue weighted by Gasteiger charge is -2.07. The normalized spacial score (nSPS) is 13.5. The third kappa shape index (κ3) is 1.56. The number of aromatic carboxylic acids is 1. The van der Waals surface area contributed by atoms with Crippen molar-refractivity contribution < 1.29 is 24.2 Å². The second-order valence-corrected chi connectivity index (χ2v) is 5.08. The van der Waals surface area contributed by atoms with Gasteiger partial charge in [0.15, 0.2) is 0 Å². The van der Waals surface area contributed by atoms with Crippen LogP contribution in [-0.2, 0) is 4.74 Å².